The molecule has 146 valence electrons. The van der Waals surface area contributed by atoms with E-state index in [0.717, 1.165) is 33.3 Å². The maximum Gasteiger partial charge on any atom is 0.255 e. The molecule has 0 saturated carbocycles. The number of hydrogen-bond acceptors (Lipinski definition) is 4. The summed E-state index contributed by atoms with van der Waals surface area (Å²) < 4.78 is 1.96. The largest absolute Gasteiger partial charge is 0.332 e. The number of hydrogen-bond donors (Lipinski definition) is 1. The second-order valence-electron chi connectivity index (χ2n) is 6.96. The van der Waals surface area contributed by atoms with E-state index in [0.29, 0.717) is 5.56 Å². The summed E-state index contributed by atoms with van der Waals surface area (Å²) in [7, 11) is 1.64. The molecule has 1 aromatic carbocycles. The zero-order valence-electron chi connectivity index (χ0n) is 16.7. The van der Waals surface area contributed by atoms with Gasteiger partial charge in [-0.15, -0.1) is 11.3 Å². The van der Waals surface area contributed by atoms with Crippen molar-refractivity contribution in [2.45, 2.75) is 27.7 Å². The van der Waals surface area contributed by atoms with Crippen molar-refractivity contribution in [1.29, 1.82) is 0 Å². The number of thiazole rings is 1. The van der Waals surface area contributed by atoms with Crippen LogP contribution in [0.1, 0.15) is 32.9 Å². The molecule has 0 saturated heterocycles. The average molecular weight is 397 g/mol. The summed E-state index contributed by atoms with van der Waals surface area (Å²) >= 11 is 1.51. The van der Waals surface area contributed by atoms with Gasteiger partial charge in [-0.25, -0.2) is 4.98 Å². The van der Waals surface area contributed by atoms with Crippen molar-refractivity contribution in [3.8, 4) is 5.13 Å². The Labute approximate surface area is 168 Å². The van der Waals surface area contributed by atoms with Crippen LogP contribution in [0.5, 0.6) is 0 Å². The Kier molecular flexibility index (Phi) is 5.65. The molecule has 0 aliphatic carbocycles. The smallest absolute Gasteiger partial charge is 0.255 e. The number of aryl methyl sites for hydroxylation is 3. The molecule has 2 aromatic heterocycles. The van der Waals surface area contributed by atoms with Gasteiger partial charge in [-0.1, -0.05) is 12.1 Å². The first-order chi connectivity index (χ1) is 13.3. The molecule has 28 heavy (non-hydrogen) atoms. The molecule has 1 N–H and O–H groups in total. The van der Waals surface area contributed by atoms with Crippen LogP contribution in [0, 0.1) is 27.7 Å². The van der Waals surface area contributed by atoms with Crippen molar-refractivity contribution in [2.24, 2.45) is 0 Å². The van der Waals surface area contributed by atoms with Gasteiger partial charge in [0.25, 0.3) is 5.91 Å². The summed E-state index contributed by atoms with van der Waals surface area (Å²) in [5.41, 5.74) is 5.16. The molecule has 6 nitrogen and oxygen atoms in total. The first kappa shape index (κ1) is 19.8. The van der Waals surface area contributed by atoms with E-state index in [4.69, 9.17) is 0 Å². The van der Waals surface area contributed by atoms with Crippen molar-refractivity contribution < 1.29 is 9.59 Å². The summed E-state index contributed by atoms with van der Waals surface area (Å²) in [5.74, 6) is -0.412. The zero-order valence-corrected chi connectivity index (χ0v) is 17.6. The number of nitrogens with one attached hydrogen (secondary N) is 1. The van der Waals surface area contributed by atoms with Crippen LogP contribution in [-0.2, 0) is 4.79 Å². The van der Waals surface area contributed by atoms with Gasteiger partial charge in [-0.05, 0) is 51.0 Å². The number of aromatic nitrogens is 2. The predicted molar refractivity (Wildman–Crippen MR) is 112 cm³/mol. The maximum atomic E-state index is 12.9. The van der Waals surface area contributed by atoms with Gasteiger partial charge >= 0.3 is 0 Å². The van der Waals surface area contributed by atoms with Crippen molar-refractivity contribution >= 4 is 28.8 Å². The van der Waals surface area contributed by atoms with Gasteiger partial charge in [0.2, 0.25) is 5.91 Å². The second-order valence-corrected chi connectivity index (χ2v) is 7.84. The molecular weight excluding hydrogens is 372 g/mol. The molecule has 0 aliphatic heterocycles. The van der Waals surface area contributed by atoms with Crippen LogP contribution in [0.15, 0.2) is 35.8 Å². The lowest BCUT2D eigenvalue weighted by Gasteiger charge is -2.18. The average Bonchev–Trinajstić information content (AvgIpc) is 3.25. The summed E-state index contributed by atoms with van der Waals surface area (Å²) in [6, 6.07) is 7.74. The van der Waals surface area contributed by atoms with Crippen molar-refractivity contribution in [3.05, 3.63) is 63.9 Å². The molecule has 7 heteroatoms. The number of carbonyl (C=O) groups is 2. The van der Waals surface area contributed by atoms with Gasteiger partial charge in [0.1, 0.15) is 0 Å². The highest BCUT2D eigenvalue weighted by Crippen LogP contribution is 2.23. The van der Waals surface area contributed by atoms with Crippen molar-refractivity contribution in [2.75, 3.05) is 18.9 Å². The number of carbonyl (C=O) groups excluding carboxylic acids is 2. The van der Waals surface area contributed by atoms with Crippen molar-refractivity contribution in [1.82, 2.24) is 14.5 Å². The van der Waals surface area contributed by atoms with E-state index in [1.807, 2.05) is 61.9 Å². The van der Waals surface area contributed by atoms with Crippen LogP contribution in [0.25, 0.3) is 5.13 Å². The minimum absolute atomic E-state index is 0.0207. The fraction of sp³-hybridized carbons (Fsp3) is 0.286. The zero-order chi connectivity index (χ0) is 20.4. The fourth-order valence-corrected chi connectivity index (χ4v) is 3.90. The summed E-state index contributed by atoms with van der Waals surface area (Å²) in [5, 5.41) is 5.62. The van der Waals surface area contributed by atoms with Crippen molar-refractivity contribution in [3.63, 3.8) is 0 Å². The minimum atomic E-state index is -0.224. The standard InChI is InChI=1S/C21H24N4O2S/c1-13-6-7-14(2)18(10-13)23-19(26)12-24(5)20(27)17-11-15(3)25(16(17)4)21-22-8-9-28-21/h6-11H,12H2,1-5H3,(H,23,26). The van der Waals surface area contributed by atoms with Gasteiger partial charge in [-0.2, -0.15) is 0 Å². The summed E-state index contributed by atoms with van der Waals surface area (Å²) in [4.78, 5) is 31.1. The van der Waals surface area contributed by atoms with E-state index >= 15 is 0 Å². The highest BCUT2D eigenvalue weighted by Gasteiger charge is 2.22. The minimum Gasteiger partial charge on any atom is -0.332 e. The molecule has 2 amide bonds. The van der Waals surface area contributed by atoms with Crippen LogP contribution in [0.2, 0.25) is 0 Å². The molecule has 3 aromatic rings. The lowest BCUT2D eigenvalue weighted by Crippen LogP contribution is -2.35. The van der Waals surface area contributed by atoms with Crippen LogP contribution >= 0.6 is 11.3 Å². The number of amides is 2. The molecule has 2 heterocycles. The van der Waals surface area contributed by atoms with E-state index in [2.05, 4.69) is 10.3 Å². The van der Waals surface area contributed by atoms with Crippen LogP contribution in [0.3, 0.4) is 0 Å². The number of likely N-dealkylation sites (N-methyl/N-ethyl adjacent to an activating group) is 1. The number of rotatable bonds is 5. The Bertz CT molecular complexity index is 1020. The molecule has 0 unspecified atom stereocenters. The topological polar surface area (TPSA) is 67.2 Å². The van der Waals surface area contributed by atoms with Crippen LogP contribution in [-0.4, -0.2) is 39.9 Å². The van der Waals surface area contributed by atoms with E-state index in [-0.39, 0.29) is 18.4 Å². The number of benzene rings is 1. The Balaban J connectivity index is 1.74. The Morgan fingerprint density at radius 1 is 1.18 bits per heavy atom. The van der Waals surface area contributed by atoms with E-state index in [9.17, 15) is 9.59 Å². The third kappa shape index (κ3) is 3.99. The monoisotopic (exact) mass is 396 g/mol. The maximum absolute atomic E-state index is 12.9. The molecule has 0 aliphatic rings. The fourth-order valence-electron chi connectivity index (χ4n) is 3.15. The molecule has 0 spiro atoms. The Hall–Kier alpha value is -2.93. The quantitative estimate of drug-likeness (QED) is 0.712. The van der Waals surface area contributed by atoms with E-state index in [1.165, 1.54) is 16.2 Å². The van der Waals surface area contributed by atoms with E-state index < -0.39 is 0 Å². The lowest BCUT2D eigenvalue weighted by atomic mass is 10.1. The highest BCUT2D eigenvalue weighted by molar-refractivity contribution is 7.12. The second kappa shape index (κ2) is 7.98. The summed E-state index contributed by atoms with van der Waals surface area (Å²) in [6.07, 6.45) is 1.74. The van der Waals surface area contributed by atoms with Gasteiger partial charge < -0.3 is 10.2 Å². The van der Waals surface area contributed by atoms with Gasteiger partial charge in [-0.3, -0.25) is 14.2 Å². The Morgan fingerprint density at radius 3 is 2.61 bits per heavy atom. The van der Waals surface area contributed by atoms with E-state index in [1.54, 1.807) is 13.2 Å². The molecule has 0 atom stereocenters. The third-order valence-corrected chi connectivity index (χ3v) is 5.42. The van der Waals surface area contributed by atoms with Gasteiger partial charge in [0.15, 0.2) is 5.13 Å². The highest BCUT2D eigenvalue weighted by atomic mass is 32.1. The lowest BCUT2D eigenvalue weighted by molar-refractivity contribution is -0.116. The molecule has 3 rings (SSSR count). The normalized spacial score (nSPS) is 10.8. The predicted octanol–water partition coefficient (Wildman–Crippen LogP) is 3.88. The van der Waals surface area contributed by atoms with Gasteiger partial charge in [0, 0.05) is 35.7 Å². The number of nitrogens with zero attached hydrogens (tertiary/aromatic N) is 3. The Morgan fingerprint density at radius 2 is 1.93 bits per heavy atom. The van der Waals surface area contributed by atoms with Crippen LogP contribution in [0.4, 0.5) is 5.69 Å². The summed E-state index contributed by atoms with van der Waals surface area (Å²) in [6.45, 7) is 7.73. The molecule has 0 fully saturated rings. The molecular formula is C21H24N4O2S. The number of anilines is 1. The molecule has 0 radical (unpaired) electrons. The van der Waals surface area contributed by atoms with Crippen LogP contribution < -0.4 is 5.32 Å². The van der Waals surface area contributed by atoms with Gasteiger partial charge in [0.05, 0.1) is 12.1 Å². The first-order valence-electron chi connectivity index (χ1n) is 8.99. The SMILES string of the molecule is Cc1ccc(C)c(NC(=O)CN(C)C(=O)c2cc(C)n(-c3nccs3)c2C)c1. The first-order valence-corrected chi connectivity index (χ1v) is 9.87. The molecule has 0 bridgehead atoms. The third-order valence-electron chi connectivity index (χ3n) is 4.67.